The Morgan fingerprint density at radius 1 is 1.18 bits per heavy atom. The minimum atomic E-state index is -3.00. The largest absolute Gasteiger partial charge is 0.443 e. The lowest BCUT2D eigenvalue weighted by Crippen LogP contribution is -2.32. The molecule has 0 spiro atoms. The van der Waals surface area contributed by atoms with Gasteiger partial charge in [0.25, 0.3) is 17.7 Å². The van der Waals surface area contributed by atoms with Crippen molar-refractivity contribution in [1.29, 1.82) is 0 Å². The summed E-state index contributed by atoms with van der Waals surface area (Å²) in [6, 6.07) is 5.88. The summed E-state index contributed by atoms with van der Waals surface area (Å²) in [5, 5.41) is 0.254. The first-order chi connectivity index (χ1) is 10.5. The van der Waals surface area contributed by atoms with Crippen molar-refractivity contribution in [2.24, 2.45) is 0 Å². The predicted molar refractivity (Wildman–Crippen MR) is 63.8 cm³/mol. The molecule has 7 nitrogen and oxygen atoms in total. The van der Waals surface area contributed by atoms with Crippen molar-refractivity contribution < 1.29 is 32.4 Å². The van der Waals surface area contributed by atoms with Gasteiger partial charge in [-0.05, 0) is 12.1 Å². The fourth-order valence-corrected chi connectivity index (χ4v) is 1.86. The van der Waals surface area contributed by atoms with E-state index in [1.54, 1.807) is 12.1 Å². The maximum absolute atomic E-state index is 12.3. The van der Waals surface area contributed by atoms with Crippen LogP contribution in [-0.2, 0) is 4.84 Å². The lowest BCUT2D eigenvalue weighted by atomic mass is 10.1. The summed E-state index contributed by atoms with van der Waals surface area (Å²) in [5.74, 6) is -3.88. The van der Waals surface area contributed by atoms with E-state index in [2.05, 4.69) is 14.2 Å². The van der Waals surface area contributed by atoms with Crippen LogP contribution < -0.4 is 0 Å². The zero-order chi connectivity index (χ0) is 15.9. The molecule has 1 aliphatic rings. The third-order valence-corrected chi connectivity index (χ3v) is 2.85. The standard InChI is InChI=1S/C13H6F2N2O5/c14-9(15)10-16-8(5-21-10)13(20)22-17-11(18)6-3-1-2-4-7(6)12(17)19/h1-5,9H. The first-order valence-electron chi connectivity index (χ1n) is 5.92. The number of benzene rings is 1. The Hall–Kier alpha value is -3.10. The van der Waals surface area contributed by atoms with Gasteiger partial charge in [-0.1, -0.05) is 17.2 Å². The second-order valence-electron chi connectivity index (χ2n) is 4.20. The van der Waals surface area contributed by atoms with Crippen LogP contribution in [0.3, 0.4) is 0 Å². The SMILES string of the molecule is O=C(ON1C(=O)c2ccccc2C1=O)c1coc(C(F)F)n1. The number of rotatable bonds is 3. The van der Waals surface area contributed by atoms with Crippen molar-refractivity contribution >= 4 is 17.8 Å². The molecule has 0 unspecified atom stereocenters. The molecule has 1 aliphatic heterocycles. The van der Waals surface area contributed by atoms with Gasteiger partial charge in [0.1, 0.15) is 6.26 Å². The number of hydrogen-bond acceptors (Lipinski definition) is 6. The summed E-state index contributed by atoms with van der Waals surface area (Å²) in [6.45, 7) is 0. The van der Waals surface area contributed by atoms with Crippen LogP contribution in [0, 0.1) is 0 Å². The van der Waals surface area contributed by atoms with E-state index >= 15 is 0 Å². The molecule has 1 aromatic carbocycles. The number of fused-ring (bicyclic) bond motifs is 1. The number of imide groups is 1. The number of halogens is 2. The third kappa shape index (κ3) is 2.12. The lowest BCUT2D eigenvalue weighted by Gasteiger charge is -2.11. The van der Waals surface area contributed by atoms with Crippen LogP contribution in [0.25, 0.3) is 0 Å². The average molecular weight is 308 g/mol. The van der Waals surface area contributed by atoms with Crippen molar-refractivity contribution in [3.8, 4) is 0 Å². The maximum atomic E-state index is 12.3. The number of hydroxylamine groups is 2. The van der Waals surface area contributed by atoms with Crippen molar-refractivity contribution in [2.75, 3.05) is 0 Å². The van der Waals surface area contributed by atoms with Gasteiger partial charge in [-0.15, -0.1) is 0 Å². The number of oxazole rings is 1. The van der Waals surface area contributed by atoms with Gasteiger partial charge in [-0.2, -0.15) is 8.78 Å². The topological polar surface area (TPSA) is 89.7 Å². The van der Waals surface area contributed by atoms with E-state index in [4.69, 9.17) is 0 Å². The molecule has 1 aromatic heterocycles. The van der Waals surface area contributed by atoms with Crippen LogP contribution in [0.15, 0.2) is 34.9 Å². The van der Waals surface area contributed by atoms with E-state index in [0.717, 1.165) is 0 Å². The first kappa shape index (κ1) is 13.9. The molecule has 22 heavy (non-hydrogen) atoms. The highest BCUT2D eigenvalue weighted by Gasteiger charge is 2.39. The fourth-order valence-electron chi connectivity index (χ4n) is 1.86. The minimum absolute atomic E-state index is 0.0775. The van der Waals surface area contributed by atoms with Crippen LogP contribution >= 0.6 is 0 Å². The monoisotopic (exact) mass is 308 g/mol. The number of aromatic nitrogens is 1. The van der Waals surface area contributed by atoms with Crippen LogP contribution in [0.5, 0.6) is 0 Å². The molecule has 2 amide bonds. The van der Waals surface area contributed by atoms with Gasteiger partial charge in [0.05, 0.1) is 11.1 Å². The highest BCUT2D eigenvalue weighted by atomic mass is 19.3. The molecular weight excluding hydrogens is 302 g/mol. The van der Waals surface area contributed by atoms with Crippen molar-refractivity contribution in [3.05, 3.63) is 53.2 Å². The van der Waals surface area contributed by atoms with E-state index in [1.807, 2.05) is 0 Å². The molecular formula is C13H6F2N2O5. The van der Waals surface area contributed by atoms with Gasteiger partial charge in [0, 0.05) is 0 Å². The van der Waals surface area contributed by atoms with E-state index in [0.29, 0.717) is 6.26 Å². The Morgan fingerprint density at radius 2 is 1.77 bits per heavy atom. The Morgan fingerprint density at radius 3 is 2.27 bits per heavy atom. The second-order valence-corrected chi connectivity index (χ2v) is 4.20. The average Bonchev–Trinajstić information content (AvgIpc) is 3.08. The number of alkyl halides is 2. The molecule has 0 saturated heterocycles. The molecule has 2 aromatic rings. The summed E-state index contributed by atoms with van der Waals surface area (Å²) in [6.07, 6.45) is -2.34. The van der Waals surface area contributed by atoms with Gasteiger partial charge in [0.15, 0.2) is 5.69 Å². The lowest BCUT2D eigenvalue weighted by molar-refractivity contribution is -0.0588. The third-order valence-electron chi connectivity index (χ3n) is 2.85. The number of amides is 2. The van der Waals surface area contributed by atoms with Gasteiger partial charge in [0.2, 0.25) is 0 Å². The van der Waals surface area contributed by atoms with Gasteiger partial charge >= 0.3 is 12.4 Å². The Bertz CT molecular complexity index is 751. The van der Waals surface area contributed by atoms with Crippen LogP contribution in [0.2, 0.25) is 0 Å². The summed E-state index contributed by atoms with van der Waals surface area (Å²) in [4.78, 5) is 43.5. The van der Waals surface area contributed by atoms with Gasteiger partial charge < -0.3 is 9.25 Å². The smallest absolute Gasteiger partial charge is 0.385 e. The molecule has 0 atom stereocenters. The molecule has 112 valence electrons. The molecule has 0 N–H and O–H groups in total. The Labute approximate surface area is 121 Å². The first-order valence-corrected chi connectivity index (χ1v) is 5.92. The zero-order valence-corrected chi connectivity index (χ0v) is 10.7. The van der Waals surface area contributed by atoms with E-state index in [1.165, 1.54) is 12.1 Å². The molecule has 9 heteroatoms. The number of hydrogen-bond donors (Lipinski definition) is 0. The fraction of sp³-hybridized carbons (Fsp3) is 0.0769. The molecule has 0 aliphatic carbocycles. The van der Waals surface area contributed by atoms with Gasteiger partial charge in [-0.25, -0.2) is 9.78 Å². The van der Waals surface area contributed by atoms with E-state index in [-0.39, 0.29) is 16.2 Å². The van der Waals surface area contributed by atoms with Crippen LogP contribution in [0.1, 0.15) is 43.5 Å². The zero-order valence-electron chi connectivity index (χ0n) is 10.7. The summed E-state index contributed by atoms with van der Waals surface area (Å²) in [5.41, 5.74) is -0.422. The minimum Gasteiger partial charge on any atom is -0.443 e. The second kappa shape index (κ2) is 5.02. The van der Waals surface area contributed by atoms with E-state index in [9.17, 15) is 23.2 Å². The Kier molecular flexibility index (Phi) is 3.17. The number of nitrogens with zero attached hydrogens (tertiary/aromatic N) is 2. The number of carbonyl (C=O) groups excluding carboxylic acids is 3. The van der Waals surface area contributed by atoms with E-state index < -0.39 is 35.8 Å². The maximum Gasteiger partial charge on any atom is 0.385 e. The molecule has 3 rings (SSSR count). The highest BCUT2D eigenvalue weighted by molar-refractivity contribution is 6.21. The molecule has 0 fully saturated rings. The quantitative estimate of drug-likeness (QED) is 0.805. The van der Waals surface area contributed by atoms with Gasteiger partial charge in [-0.3, -0.25) is 9.59 Å². The predicted octanol–water partition coefficient (Wildman–Crippen LogP) is 1.98. The van der Waals surface area contributed by atoms with Crippen molar-refractivity contribution in [2.45, 2.75) is 6.43 Å². The normalized spacial score (nSPS) is 13.7. The van der Waals surface area contributed by atoms with Crippen LogP contribution in [0.4, 0.5) is 8.78 Å². The molecule has 0 saturated carbocycles. The number of carbonyl (C=O) groups is 3. The highest BCUT2D eigenvalue weighted by Crippen LogP contribution is 2.24. The van der Waals surface area contributed by atoms with Crippen LogP contribution in [-0.4, -0.2) is 27.8 Å². The molecule has 2 heterocycles. The Balaban J connectivity index is 1.80. The molecule has 0 bridgehead atoms. The van der Waals surface area contributed by atoms with Crippen molar-refractivity contribution in [3.63, 3.8) is 0 Å². The molecule has 0 radical (unpaired) electrons. The summed E-state index contributed by atoms with van der Waals surface area (Å²) >= 11 is 0. The summed E-state index contributed by atoms with van der Waals surface area (Å²) < 4.78 is 29.0. The van der Waals surface area contributed by atoms with Crippen molar-refractivity contribution in [1.82, 2.24) is 10.0 Å². The summed E-state index contributed by atoms with van der Waals surface area (Å²) in [7, 11) is 0.